The molecule has 3 aromatic rings. The Bertz CT molecular complexity index is 1160. The number of non-ortho nitro benzene ring substituents is 1. The fraction of sp³-hybridized carbons (Fsp3) is 0.250. The smallest absolute Gasteiger partial charge is 0.270 e. The monoisotopic (exact) mass is 410 g/mol. The van der Waals surface area contributed by atoms with Crippen LogP contribution in [0.3, 0.4) is 0 Å². The second-order valence-electron chi connectivity index (χ2n) is 7.11. The molecule has 0 radical (unpaired) electrons. The summed E-state index contributed by atoms with van der Waals surface area (Å²) < 4.78 is 0.619. The molecule has 0 bridgehead atoms. The number of hydrogen-bond acceptors (Lipinski definition) is 6. The second-order valence-corrected chi connectivity index (χ2v) is 8.14. The van der Waals surface area contributed by atoms with Gasteiger partial charge in [0, 0.05) is 30.8 Å². The average molecular weight is 410 g/mol. The number of carbonyl (C=O) groups excluding carboxylic acids is 2. The molecule has 2 aromatic carbocycles. The first-order valence-electron chi connectivity index (χ1n) is 9.05. The molecule has 8 nitrogen and oxygen atoms in total. The van der Waals surface area contributed by atoms with Crippen LogP contribution in [0.1, 0.15) is 17.5 Å². The highest BCUT2D eigenvalue weighted by Crippen LogP contribution is 2.32. The minimum Gasteiger partial charge on any atom is -0.311 e. The number of nitro benzene ring substituents is 1. The summed E-state index contributed by atoms with van der Waals surface area (Å²) in [7, 11) is 0. The van der Waals surface area contributed by atoms with E-state index in [2.05, 4.69) is 10.3 Å². The van der Waals surface area contributed by atoms with E-state index in [0.29, 0.717) is 21.9 Å². The van der Waals surface area contributed by atoms with Crippen molar-refractivity contribution in [3.8, 4) is 0 Å². The predicted molar refractivity (Wildman–Crippen MR) is 111 cm³/mol. The van der Waals surface area contributed by atoms with Gasteiger partial charge >= 0.3 is 0 Å². The molecule has 2 heterocycles. The first-order valence-corrected chi connectivity index (χ1v) is 9.87. The fourth-order valence-corrected chi connectivity index (χ4v) is 4.41. The second kappa shape index (κ2) is 7.25. The van der Waals surface area contributed by atoms with Gasteiger partial charge in [-0.2, -0.15) is 0 Å². The van der Waals surface area contributed by atoms with E-state index < -0.39 is 10.8 Å². The van der Waals surface area contributed by atoms with Gasteiger partial charge in [0.1, 0.15) is 0 Å². The fourth-order valence-electron chi connectivity index (χ4n) is 3.51. The number of nitrogens with zero attached hydrogens (tertiary/aromatic N) is 3. The molecule has 1 aromatic heterocycles. The normalized spacial score (nSPS) is 16.4. The zero-order valence-corrected chi connectivity index (χ0v) is 16.7. The molecule has 1 unspecified atom stereocenters. The van der Waals surface area contributed by atoms with Gasteiger partial charge in [-0.3, -0.25) is 19.7 Å². The maximum atomic E-state index is 12.7. The van der Waals surface area contributed by atoms with Crippen molar-refractivity contribution in [2.24, 2.45) is 5.92 Å². The van der Waals surface area contributed by atoms with Crippen LogP contribution in [-0.2, 0) is 9.59 Å². The van der Waals surface area contributed by atoms with E-state index in [1.807, 2.05) is 32.0 Å². The molecule has 29 heavy (non-hydrogen) atoms. The molecule has 148 valence electrons. The number of aromatic nitrogens is 1. The third-order valence-corrected chi connectivity index (χ3v) is 5.89. The standard InChI is InChI=1S/C20H18N4O4S/c1-11-3-6-16(12(2)7-11)23-10-13(8-18(23)25)19(26)22-20-21-15-5-4-14(24(27)28)9-17(15)29-20/h3-7,9,13H,8,10H2,1-2H3,(H,21,22,26). The lowest BCUT2D eigenvalue weighted by Gasteiger charge is -2.19. The highest BCUT2D eigenvalue weighted by Gasteiger charge is 2.36. The lowest BCUT2D eigenvalue weighted by Crippen LogP contribution is -2.28. The van der Waals surface area contributed by atoms with Gasteiger partial charge < -0.3 is 10.2 Å². The maximum absolute atomic E-state index is 12.7. The molecule has 0 aliphatic carbocycles. The number of thiazole rings is 1. The van der Waals surface area contributed by atoms with Crippen molar-refractivity contribution in [1.29, 1.82) is 0 Å². The van der Waals surface area contributed by atoms with Gasteiger partial charge in [0.2, 0.25) is 11.8 Å². The molecule has 1 aliphatic heterocycles. The first-order chi connectivity index (χ1) is 13.8. The molecular formula is C20H18N4O4S. The van der Waals surface area contributed by atoms with Gasteiger partial charge in [-0.1, -0.05) is 29.0 Å². The van der Waals surface area contributed by atoms with E-state index in [9.17, 15) is 19.7 Å². The average Bonchev–Trinajstić information content (AvgIpc) is 3.24. The van der Waals surface area contributed by atoms with Crippen LogP contribution in [0.2, 0.25) is 0 Å². The third kappa shape index (κ3) is 3.68. The van der Waals surface area contributed by atoms with Crippen molar-refractivity contribution in [3.05, 3.63) is 57.6 Å². The van der Waals surface area contributed by atoms with Crippen LogP contribution in [0.4, 0.5) is 16.5 Å². The molecule has 2 amide bonds. The predicted octanol–water partition coefficient (Wildman–Crippen LogP) is 3.81. The van der Waals surface area contributed by atoms with Crippen molar-refractivity contribution in [2.45, 2.75) is 20.3 Å². The van der Waals surface area contributed by atoms with Gasteiger partial charge in [0.05, 0.1) is 21.1 Å². The van der Waals surface area contributed by atoms with Gasteiger partial charge in [0.25, 0.3) is 5.69 Å². The SMILES string of the molecule is Cc1ccc(N2CC(C(=O)Nc3nc4ccc([N+](=O)[O-])cc4s3)CC2=O)c(C)c1. The minimum absolute atomic E-state index is 0.0236. The van der Waals surface area contributed by atoms with E-state index in [4.69, 9.17) is 0 Å². The number of fused-ring (bicyclic) bond motifs is 1. The van der Waals surface area contributed by atoms with E-state index >= 15 is 0 Å². The Labute approximate surface area is 170 Å². The molecule has 1 aliphatic rings. The molecule has 1 atom stereocenters. The van der Waals surface area contributed by atoms with E-state index in [-0.39, 0.29) is 23.9 Å². The highest BCUT2D eigenvalue weighted by molar-refractivity contribution is 7.22. The molecule has 4 rings (SSSR count). The number of hydrogen-bond donors (Lipinski definition) is 1. The molecule has 0 saturated carbocycles. The van der Waals surface area contributed by atoms with Gasteiger partial charge in [-0.25, -0.2) is 4.98 Å². The Balaban J connectivity index is 1.49. The van der Waals surface area contributed by atoms with Crippen LogP contribution in [-0.4, -0.2) is 28.3 Å². The largest absolute Gasteiger partial charge is 0.311 e. The third-order valence-electron chi connectivity index (χ3n) is 4.95. The van der Waals surface area contributed by atoms with E-state index in [0.717, 1.165) is 16.8 Å². The van der Waals surface area contributed by atoms with Crippen molar-refractivity contribution in [2.75, 3.05) is 16.8 Å². The molecule has 0 spiro atoms. The lowest BCUT2D eigenvalue weighted by atomic mass is 10.1. The summed E-state index contributed by atoms with van der Waals surface area (Å²) in [5, 5.41) is 14.0. The van der Waals surface area contributed by atoms with Crippen LogP contribution in [0.15, 0.2) is 36.4 Å². The number of benzene rings is 2. The van der Waals surface area contributed by atoms with E-state index in [1.165, 1.54) is 23.5 Å². The van der Waals surface area contributed by atoms with Crippen LogP contribution < -0.4 is 10.2 Å². The van der Waals surface area contributed by atoms with Gasteiger partial charge in [-0.05, 0) is 31.5 Å². The number of carbonyl (C=O) groups is 2. The Morgan fingerprint density at radius 1 is 1.28 bits per heavy atom. The quantitative estimate of drug-likeness (QED) is 0.520. The Morgan fingerprint density at radius 3 is 2.79 bits per heavy atom. The maximum Gasteiger partial charge on any atom is 0.270 e. The van der Waals surface area contributed by atoms with Crippen LogP contribution in [0.25, 0.3) is 10.2 Å². The first kappa shape index (κ1) is 19.0. The van der Waals surface area contributed by atoms with Crippen LogP contribution >= 0.6 is 11.3 Å². The number of aryl methyl sites for hydroxylation is 2. The van der Waals surface area contributed by atoms with Crippen LogP contribution in [0.5, 0.6) is 0 Å². The Morgan fingerprint density at radius 2 is 2.07 bits per heavy atom. The number of rotatable bonds is 4. The summed E-state index contributed by atoms with van der Waals surface area (Å²) in [6.07, 6.45) is 0.134. The summed E-state index contributed by atoms with van der Waals surface area (Å²) >= 11 is 1.17. The zero-order valence-electron chi connectivity index (χ0n) is 15.8. The molecule has 9 heteroatoms. The Kier molecular flexibility index (Phi) is 4.75. The summed E-state index contributed by atoms with van der Waals surface area (Å²) in [6, 6.07) is 10.2. The van der Waals surface area contributed by atoms with Crippen LogP contribution in [0, 0.1) is 29.9 Å². The van der Waals surface area contributed by atoms with Crippen molar-refractivity contribution < 1.29 is 14.5 Å². The number of nitrogens with one attached hydrogen (secondary N) is 1. The van der Waals surface area contributed by atoms with Crippen molar-refractivity contribution >= 4 is 49.9 Å². The highest BCUT2D eigenvalue weighted by atomic mass is 32.1. The van der Waals surface area contributed by atoms with Crippen molar-refractivity contribution in [1.82, 2.24) is 4.98 Å². The molecule has 1 N–H and O–H groups in total. The van der Waals surface area contributed by atoms with Gasteiger partial charge in [0.15, 0.2) is 5.13 Å². The minimum atomic E-state index is -0.482. The molecular weight excluding hydrogens is 392 g/mol. The van der Waals surface area contributed by atoms with E-state index in [1.54, 1.807) is 11.0 Å². The number of nitro groups is 1. The summed E-state index contributed by atoms with van der Waals surface area (Å²) in [5.41, 5.74) is 3.48. The Hall–Kier alpha value is -3.33. The topological polar surface area (TPSA) is 105 Å². The van der Waals surface area contributed by atoms with Crippen molar-refractivity contribution in [3.63, 3.8) is 0 Å². The zero-order chi connectivity index (χ0) is 20.7. The molecule has 1 fully saturated rings. The van der Waals surface area contributed by atoms with Gasteiger partial charge in [-0.15, -0.1) is 0 Å². The summed E-state index contributed by atoms with van der Waals surface area (Å²) in [5.74, 6) is -0.847. The summed E-state index contributed by atoms with van der Waals surface area (Å²) in [4.78, 5) is 41.6. The number of anilines is 2. The molecule has 1 saturated heterocycles. The lowest BCUT2D eigenvalue weighted by molar-refractivity contribution is -0.384. The number of amides is 2. The summed E-state index contributed by atoms with van der Waals surface area (Å²) in [6.45, 7) is 4.25.